The molecule has 6 heteroatoms. The van der Waals surface area contributed by atoms with Gasteiger partial charge in [0.1, 0.15) is 5.92 Å². The van der Waals surface area contributed by atoms with Gasteiger partial charge in [-0.15, -0.1) is 0 Å². The molecule has 0 fully saturated rings. The van der Waals surface area contributed by atoms with Crippen molar-refractivity contribution in [2.75, 3.05) is 0 Å². The van der Waals surface area contributed by atoms with Crippen molar-refractivity contribution in [2.45, 2.75) is 26.7 Å². The second-order valence-electron chi connectivity index (χ2n) is 5.65. The molecular formula is C13H15NO5. The molecule has 19 heavy (non-hydrogen) atoms. The van der Waals surface area contributed by atoms with Gasteiger partial charge in [-0.05, 0) is 11.8 Å². The number of carboxylic acid groups (broad SMARTS) is 2. The first-order valence-corrected chi connectivity index (χ1v) is 5.92. The standard InChI is InChI=1S/C13H15NO5/c1-13(2)3-7-10(8(15)4-13)9(12(18)19)6(5-14-7)11(16)17/h5,9,14H,3-4H2,1-2H3,(H,16,17)(H,18,19). The van der Waals surface area contributed by atoms with Crippen molar-refractivity contribution < 1.29 is 24.6 Å². The van der Waals surface area contributed by atoms with E-state index in [0.717, 1.165) is 0 Å². The summed E-state index contributed by atoms with van der Waals surface area (Å²) in [5, 5.41) is 21.0. The molecule has 2 rings (SSSR count). The molecule has 2 aliphatic rings. The number of carbonyl (C=O) groups excluding carboxylic acids is 1. The molecule has 1 unspecified atom stereocenters. The van der Waals surface area contributed by atoms with Gasteiger partial charge < -0.3 is 15.5 Å². The molecule has 3 N–H and O–H groups in total. The molecule has 0 bridgehead atoms. The van der Waals surface area contributed by atoms with Crippen molar-refractivity contribution in [3.8, 4) is 0 Å². The van der Waals surface area contributed by atoms with Crippen molar-refractivity contribution in [2.24, 2.45) is 11.3 Å². The lowest BCUT2D eigenvalue weighted by atomic mass is 9.71. The van der Waals surface area contributed by atoms with E-state index in [1.54, 1.807) is 0 Å². The number of aliphatic carboxylic acids is 2. The molecule has 1 heterocycles. The lowest BCUT2D eigenvalue weighted by Gasteiger charge is -2.36. The maximum atomic E-state index is 12.1. The van der Waals surface area contributed by atoms with Crippen LogP contribution in [-0.4, -0.2) is 27.9 Å². The summed E-state index contributed by atoms with van der Waals surface area (Å²) in [6.07, 6.45) is 1.93. The summed E-state index contributed by atoms with van der Waals surface area (Å²) in [7, 11) is 0. The Morgan fingerprint density at radius 2 is 1.95 bits per heavy atom. The molecule has 1 aliphatic heterocycles. The summed E-state index contributed by atoms with van der Waals surface area (Å²) in [5.41, 5.74) is 0.0604. The van der Waals surface area contributed by atoms with Crippen LogP contribution in [0.2, 0.25) is 0 Å². The van der Waals surface area contributed by atoms with Crippen LogP contribution in [0, 0.1) is 11.3 Å². The Hall–Kier alpha value is -2.11. The highest BCUT2D eigenvalue weighted by Gasteiger charge is 2.43. The largest absolute Gasteiger partial charge is 0.481 e. The van der Waals surface area contributed by atoms with Crippen LogP contribution in [0.15, 0.2) is 23.0 Å². The van der Waals surface area contributed by atoms with Crippen molar-refractivity contribution >= 4 is 17.7 Å². The molecule has 0 aromatic rings. The number of hydrogen-bond acceptors (Lipinski definition) is 4. The summed E-state index contributed by atoms with van der Waals surface area (Å²) in [6, 6.07) is 0. The average molecular weight is 265 g/mol. The molecule has 6 nitrogen and oxygen atoms in total. The van der Waals surface area contributed by atoms with Gasteiger partial charge in [0.05, 0.1) is 5.57 Å². The number of nitrogens with one attached hydrogen (secondary N) is 1. The summed E-state index contributed by atoms with van der Waals surface area (Å²) < 4.78 is 0. The van der Waals surface area contributed by atoms with Gasteiger partial charge in [-0.25, -0.2) is 4.79 Å². The Balaban J connectivity index is 2.50. The number of Topliss-reactive ketones (excluding diaryl/α,β-unsaturated/α-hetero) is 1. The third-order valence-electron chi connectivity index (χ3n) is 3.42. The van der Waals surface area contributed by atoms with Gasteiger partial charge in [-0.3, -0.25) is 9.59 Å². The number of dihydropyridines is 1. The van der Waals surface area contributed by atoms with Gasteiger partial charge in [0, 0.05) is 23.9 Å². The zero-order valence-corrected chi connectivity index (χ0v) is 10.7. The molecule has 0 radical (unpaired) electrons. The van der Waals surface area contributed by atoms with Crippen LogP contribution in [0.5, 0.6) is 0 Å². The summed E-state index contributed by atoms with van der Waals surface area (Å²) in [6.45, 7) is 3.84. The fourth-order valence-electron chi connectivity index (χ4n) is 2.64. The predicted molar refractivity (Wildman–Crippen MR) is 65.0 cm³/mol. The highest BCUT2D eigenvalue weighted by atomic mass is 16.4. The predicted octanol–water partition coefficient (Wildman–Crippen LogP) is 0.902. The molecule has 0 saturated heterocycles. The molecular weight excluding hydrogens is 250 g/mol. The van der Waals surface area contributed by atoms with Gasteiger partial charge in [-0.1, -0.05) is 13.8 Å². The first kappa shape index (κ1) is 13.3. The van der Waals surface area contributed by atoms with E-state index in [4.69, 9.17) is 5.11 Å². The third kappa shape index (κ3) is 2.25. The smallest absolute Gasteiger partial charge is 0.334 e. The van der Waals surface area contributed by atoms with Crippen molar-refractivity contribution in [3.63, 3.8) is 0 Å². The number of hydrogen-bond donors (Lipinski definition) is 3. The van der Waals surface area contributed by atoms with Crippen LogP contribution in [0.3, 0.4) is 0 Å². The minimum absolute atomic E-state index is 0.0896. The van der Waals surface area contributed by atoms with Crippen LogP contribution < -0.4 is 5.32 Å². The van der Waals surface area contributed by atoms with Crippen LogP contribution >= 0.6 is 0 Å². The van der Waals surface area contributed by atoms with E-state index in [9.17, 15) is 19.5 Å². The van der Waals surface area contributed by atoms with Crippen LogP contribution in [-0.2, 0) is 14.4 Å². The second-order valence-corrected chi connectivity index (χ2v) is 5.65. The molecule has 0 aromatic carbocycles. The fourth-order valence-corrected chi connectivity index (χ4v) is 2.64. The minimum atomic E-state index is -1.38. The van der Waals surface area contributed by atoms with E-state index in [2.05, 4.69) is 5.32 Å². The average Bonchev–Trinajstić information content (AvgIpc) is 2.25. The van der Waals surface area contributed by atoms with Gasteiger partial charge in [0.15, 0.2) is 5.78 Å². The van der Waals surface area contributed by atoms with E-state index in [1.165, 1.54) is 6.20 Å². The Labute approximate surface area is 109 Å². The maximum Gasteiger partial charge on any atom is 0.334 e. The summed E-state index contributed by atoms with van der Waals surface area (Å²) in [4.78, 5) is 34.5. The molecule has 0 aromatic heterocycles. The van der Waals surface area contributed by atoms with E-state index in [-0.39, 0.29) is 28.8 Å². The topological polar surface area (TPSA) is 104 Å². The SMILES string of the molecule is CC1(C)CC(=O)C2=C(C1)NC=C(C(=O)O)C2C(=O)O. The van der Waals surface area contributed by atoms with E-state index >= 15 is 0 Å². The van der Waals surface area contributed by atoms with Crippen LogP contribution in [0.25, 0.3) is 0 Å². The van der Waals surface area contributed by atoms with Crippen LogP contribution in [0.1, 0.15) is 26.7 Å². The van der Waals surface area contributed by atoms with Gasteiger partial charge in [0.25, 0.3) is 0 Å². The van der Waals surface area contributed by atoms with Gasteiger partial charge in [0.2, 0.25) is 0 Å². The Kier molecular flexibility index (Phi) is 2.96. The first-order valence-electron chi connectivity index (χ1n) is 5.92. The maximum absolute atomic E-state index is 12.1. The van der Waals surface area contributed by atoms with E-state index in [1.807, 2.05) is 13.8 Å². The Morgan fingerprint density at radius 3 is 2.47 bits per heavy atom. The normalized spacial score (nSPS) is 25.3. The van der Waals surface area contributed by atoms with Gasteiger partial charge >= 0.3 is 11.9 Å². The summed E-state index contributed by atoms with van der Waals surface area (Å²) in [5.74, 6) is -4.31. The summed E-state index contributed by atoms with van der Waals surface area (Å²) >= 11 is 0. The third-order valence-corrected chi connectivity index (χ3v) is 3.42. The Bertz CT molecular complexity index is 541. The van der Waals surface area contributed by atoms with E-state index < -0.39 is 17.9 Å². The first-order chi connectivity index (χ1) is 8.73. The highest BCUT2D eigenvalue weighted by Crippen LogP contribution is 2.41. The number of carboxylic acids is 2. The molecule has 0 saturated carbocycles. The zero-order valence-electron chi connectivity index (χ0n) is 10.7. The lowest BCUT2D eigenvalue weighted by molar-refractivity contribution is -0.143. The highest BCUT2D eigenvalue weighted by molar-refractivity contribution is 6.07. The Morgan fingerprint density at radius 1 is 1.32 bits per heavy atom. The van der Waals surface area contributed by atoms with Crippen molar-refractivity contribution in [1.29, 1.82) is 0 Å². The molecule has 0 amide bonds. The fraction of sp³-hybridized carbons (Fsp3) is 0.462. The monoisotopic (exact) mass is 265 g/mol. The van der Waals surface area contributed by atoms with Crippen molar-refractivity contribution in [1.82, 2.24) is 5.32 Å². The molecule has 1 atom stereocenters. The van der Waals surface area contributed by atoms with Crippen molar-refractivity contribution in [3.05, 3.63) is 23.0 Å². The number of allylic oxidation sites excluding steroid dienone is 1. The van der Waals surface area contributed by atoms with Crippen LogP contribution in [0.4, 0.5) is 0 Å². The lowest BCUT2D eigenvalue weighted by Crippen LogP contribution is -2.39. The molecule has 0 spiro atoms. The quantitative estimate of drug-likeness (QED) is 0.685. The molecule has 102 valence electrons. The van der Waals surface area contributed by atoms with Gasteiger partial charge in [-0.2, -0.15) is 0 Å². The molecule has 1 aliphatic carbocycles. The zero-order chi connectivity index (χ0) is 14.4. The van der Waals surface area contributed by atoms with E-state index in [0.29, 0.717) is 12.1 Å². The number of ketones is 1. The second kappa shape index (κ2) is 4.22. The number of rotatable bonds is 2. The number of carbonyl (C=O) groups is 3. The minimum Gasteiger partial charge on any atom is -0.481 e.